The maximum Gasteiger partial charge on any atom is 0.164 e. The van der Waals surface area contributed by atoms with Crippen molar-refractivity contribution < 1.29 is 20.1 Å². The second-order valence-electron chi connectivity index (χ2n) is 5.41. The molecule has 1 saturated heterocycles. The summed E-state index contributed by atoms with van der Waals surface area (Å²) in [6.07, 6.45) is -0.975. The second-order valence-corrected chi connectivity index (χ2v) is 10.9. The van der Waals surface area contributed by atoms with Gasteiger partial charge in [-0.25, -0.2) is 9.97 Å². The van der Waals surface area contributed by atoms with Crippen LogP contribution < -0.4 is 5.73 Å². The summed E-state index contributed by atoms with van der Waals surface area (Å²) in [6.45, 7) is 4.20. The molecule has 132 valence electrons. The van der Waals surface area contributed by atoms with E-state index in [-0.39, 0.29) is 27.7 Å². The van der Waals surface area contributed by atoms with E-state index in [2.05, 4.69) is 23.8 Å². The van der Waals surface area contributed by atoms with Crippen molar-refractivity contribution in [3.63, 3.8) is 0 Å². The number of aromatic nitrogens is 3. The van der Waals surface area contributed by atoms with Crippen LogP contribution in [0.25, 0.3) is 11.0 Å². The molecule has 0 aromatic carbocycles. The Morgan fingerprint density at radius 3 is 2.50 bits per heavy atom. The zero-order valence-corrected chi connectivity index (χ0v) is 16.7. The third-order valence-corrected chi connectivity index (χ3v) is 6.69. The summed E-state index contributed by atoms with van der Waals surface area (Å²) in [5, 5.41) is 29.4. The number of ether oxygens (including phenoxy) is 1. The molecule has 24 heavy (non-hydrogen) atoms. The summed E-state index contributed by atoms with van der Waals surface area (Å²) in [5.41, 5.74) is 6.23. The largest absolute Gasteiger partial charge is 0.394 e. The molecule has 4 atom stereocenters. The van der Waals surface area contributed by atoms with Crippen molar-refractivity contribution in [3.8, 4) is 0 Å². The van der Waals surface area contributed by atoms with Gasteiger partial charge in [0.1, 0.15) is 36.1 Å². The minimum atomic E-state index is -1.15. The van der Waals surface area contributed by atoms with E-state index in [0.29, 0.717) is 16.9 Å². The standard InChI is InChI=1S/C11H14N4O4.2C2H5.Sn/c12-9-5-1-2-15(10(5)14-4-13-9)11-8(18)7(17)6(3-16)19-11;2*1-2;/h1-2,4,6-8,11,16-18H,3H2,(H2,12,13,14);2*1H2,2H3;. The minimum Gasteiger partial charge on any atom is -0.394 e. The first kappa shape index (κ1) is 19.4. The summed E-state index contributed by atoms with van der Waals surface area (Å²) in [5.74, 6) is 0.329. The van der Waals surface area contributed by atoms with Gasteiger partial charge in [-0.1, -0.05) is 0 Å². The third-order valence-electron chi connectivity index (χ3n) is 3.83. The second kappa shape index (κ2) is 8.95. The van der Waals surface area contributed by atoms with Gasteiger partial charge in [0.05, 0.1) is 12.0 Å². The van der Waals surface area contributed by atoms with Crippen molar-refractivity contribution in [3.05, 3.63) is 18.6 Å². The smallest absolute Gasteiger partial charge is 0.164 e. The number of aliphatic hydroxyl groups is 3. The van der Waals surface area contributed by atoms with Crippen molar-refractivity contribution in [2.24, 2.45) is 0 Å². The van der Waals surface area contributed by atoms with E-state index in [1.807, 2.05) is 0 Å². The molecule has 3 rings (SSSR count). The molecule has 2 radical (unpaired) electrons. The van der Waals surface area contributed by atoms with Gasteiger partial charge in [0.15, 0.2) is 6.23 Å². The van der Waals surface area contributed by atoms with Gasteiger partial charge in [0, 0.05) is 6.20 Å². The van der Waals surface area contributed by atoms with Crippen LogP contribution in [0.5, 0.6) is 0 Å². The predicted octanol–water partition coefficient (Wildman–Crippen LogP) is 0.192. The molecule has 2 aromatic rings. The molecule has 1 aliphatic rings. The molecule has 0 aliphatic carbocycles. The van der Waals surface area contributed by atoms with E-state index in [4.69, 9.17) is 15.6 Å². The number of fused-ring (bicyclic) bond motifs is 1. The van der Waals surface area contributed by atoms with Gasteiger partial charge in [-0.15, -0.1) is 0 Å². The van der Waals surface area contributed by atoms with Gasteiger partial charge in [0.25, 0.3) is 0 Å². The number of hydrogen-bond acceptors (Lipinski definition) is 7. The Labute approximate surface area is 150 Å². The van der Waals surface area contributed by atoms with E-state index in [9.17, 15) is 10.2 Å². The zero-order valence-electron chi connectivity index (χ0n) is 13.8. The number of hydrogen-bond donors (Lipinski definition) is 4. The minimum absolute atomic E-state index is 0.218. The Bertz CT molecular complexity index is 651. The number of rotatable bonds is 4. The average Bonchev–Trinajstić information content (AvgIpc) is 3.12. The number of nitrogens with two attached hydrogens (primary N) is 1. The average molecular weight is 443 g/mol. The molecule has 2 aromatic heterocycles. The van der Waals surface area contributed by atoms with E-state index in [1.165, 1.54) is 15.2 Å². The summed E-state index contributed by atoms with van der Waals surface area (Å²) in [6, 6.07) is 1.71. The van der Waals surface area contributed by atoms with E-state index < -0.39 is 24.5 Å². The molecule has 0 amide bonds. The molecule has 0 bridgehead atoms. The quantitative estimate of drug-likeness (QED) is 0.498. The van der Waals surface area contributed by atoms with Crippen LogP contribution in [0.15, 0.2) is 18.6 Å². The van der Waals surface area contributed by atoms with Crippen LogP contribution in [0.1, 0.15) is 20.1 Å². The number of anilines is 1. The van der Waals surface area contributed by atoms with Crippen molar-refractivity contribution in [1.29, 1.82) is 0 Å². The molecule has 5 N–H and O–H groups in total. The first-order valence-corrected chi connectivity index (χ1v) is 12.0. The molecule has 0 spiro atoms. The van der Waals surface area contributed by atoms with Crippen LogP contribution >= 0.6 is 0 Å². The number of nitrogen functional groups attached to an aromatic ring is 1. The first-order valence-electron chi connectivity index (χ1n) is 7.95. The van der Waals surface area contributed by atoms with Gasteiger partial charge in [-0.3, -0.25) is 0 Å². The molecular formula is C15H24N4O4Sn. The Hall–Kier alpha value is -0.941. The Morgan fingerprint density at radius 2 is 1.96 bits per heavy atom. The van der Waals surface area contributed by atoms with Crippen molar-refractivity contribution in [2.75, 3.05) is 12.3 Å². The molecule has 9 heteroatoms. The summed E-state index contributed by atoms with van der Waals surface area (Å²) in [7, 11) is 0. The van der Waals surface area contributed by atoms with E-state index in [1.54, 1.807) is 16.8 Å². The molecule has 1 fully saturated rings. The summed E-state index contributed by atoms with van der Waals surface area (Å²) in [4.78, 5) is 7.97. The van der Waals surface area contributed by atoms with E-state index >= 15 is 0 Å². The Balaban J connectivity index is 0.000000368. The van der Waals surface area contributed by atoms with Crippen molar-refractivity contribution >= 4 is 38.0 Å². The van der Waals surface area contributed by atoms with Gasteiger partial charge < -0.3 is 30.4 Å². The predicted molar refractivity (Wildman–Crippen MR) is 91.7 cm³/mol. The van der Waals surface area contributed by atoms with Gasteiger partial charge >= 0.3 is 43.9 Å². The normalized spacial score (nSPS) is 26.4. The Morgan fingerprint density at radius 1 is 1.25 bits per heavy atom. The molecule has 8 nitrogen and oxygen atoms in total. The van der Waals surface area contributed by atoms with Gasteiger partial charge in [-0.05, 0) is 6.07 Å². The molecule has 3 heterocycles. The maximum absolute atomic E-state index is 9.98. The topological polar surface area (TPSA) is 127 Å². The fraction of sp³-hybridized carbons (Fsp3) is 0.600. The Kier molecular flexibility index (Phi) is 7.23. The third kappa shape index (κ3) is 3.99. The SMILES string of the molecule is C[CH2][Sn][CH2]C.Nc1ncnc2c1ccn2C1OC(CO)C(O)C1O. The van der Waals surface area contributed by atoms with Gasteiger partial charge in [-0.2, -0.15) is 0 Å². The van der Waals surface area contributed by atoms with Crippen LogP contribution in [0.2, 0.25) is 8.87 Å². The van der Waals surface area contributed by atoms with Crippen LogP contribution in [0, 0.1) is 0 Å². The molecule has 1 aliphatic heterocycles. The molecule has 4 unspecified atom stereocenters. The van der Waals surface area contributed by atoms with Crippen LogP contribution in [0.3, 0.4) is 0 Å². The van der Waals surface area contributed by atoms with Crippen LogP contribution in [-0.4, -0.2) is 75.9 Å². The molecular weight excluding hydrogens is 419 g/mol. The van der Waals surface area contributed by atoms with Crippen LogP contribution in [0.4, 0.5) is 5.82 Å². The van der Waals surface area contributed by atoms with E-state index in [0.717, 1.165) is 0 Å². The van der Waals surface area contributed by atoms with Crippen LogP contribution in [-0.2, 0) is 4.74 Å². The fourth-order valence-electron chi connectivity index (χ4n) is 2.56. The fourth-order valence-corrected chi connectivity index (χ4v) is 3.98. The number of aliphatic hydroxyl groups excluding tert-OH is 3. The zero-order chi connectivity index (χ0) is 17.7. The summed E-state index contributed by atoms with van der Waals surface area (Å²) < 4.78 is 10.0. The van der Waals surface area contributed by atoms with Crippen molar-refractivity contribution in [1.82, 2.24) is 14.5 Å². The molecule has 0 saturated carbocycles. The monoisotopic (exact) mass is 444 g/mol. The summed E-state index contributed by atoms with van der Waals surface area (Å²) >= 11 is 0.218. The van der Waals surface area contributed by atoms with Gasteiger partial charge in [0.2, 0.25) is 0 Å². The number of nitrogens with zero attached hydrogens (tertiary/aromatic N) is 3. The van der Waals surface area contributed by atoms with Crippen molar-refractivity contribution in [2.45, 2.75) is 47.3 Å². The maximum atomic E-state index is 9.98. The first-order chi connectivity index (χ1) is 11.5.